The summed E-state index contributed by atoms with van der Waals surface area (Å²) in [7, 11) is 0. The molecule has 7 nitrogen and oxygen atoms in total. The first-order valence-corrected chi connectivity index (χ1v) is 10.2. The molecule has 2 aromatic rings. The van der Waals surface area contributed by atoms with Gasteiger partial charge in [0.05, 0.1) is 24.0 Å². The van der Waals surface area contributed by atoms with E-state index in [9.17, 15) is 5.26 Å². The van der Waals surface area contributed by atoms with Crippen LogP contribution in [0.4, 0.5) is 5.69 Å². The van der Waals surface area contributed by atoms with Gasteiger partial charge in [0.2, 0.25) is 0 Å². The van der Waals surface area contributed by atoms with E-state index in [-0.39, 0.29) is 6.10 Å². The second-order valence-electron chi connectivity index (χ2n) is 7.83. The Balaban J connectivity index is 1.45. The Labute approximate surface area is 166 Å². The van der Waals surface area contributed by atoms with E-state index in [4.69, 9.17) is 4.74 Å². The zero-order valence-electron chi connectivity index (χ0n) is 16.5. The van der Waals surface area contributed by atoms with Gasteiger partial charge < -0.3 is 15.0 Å². The van der Waals surface area contributed by atoms with Crippen molar-refractivity contribution in [1.82, 2.24) is 20.2 Å². The van der Waals surface area contributed by atoms with Crippen molar-refractivity contribution >= 4 is 16.7 Å². The van der Waals surface area contributed by atoms with Gasteiger partial charge in [-0.1, -0.05) is 6.92 Å². The molecule has 7 heteroatoms. The zero-order chi connectivity index (χ0) is 19.3. The minimum Gasteiger partial charge on any atom is -0.375 e. The molecule has 0 spiro atoms. The molecule has 2 saturated heterocycles. The van der Waals surface area contributed by atoms with E-state index in [0.29, 0.717) is 17.0 Å². The molecule has 28 heavy (non-hydrogen) atoms. The number of fused-ring (bicyclic) bond motifs is 1. The molecule has 148 valence electrons. The van der Waals surface area contributed by atoms with Crippen LogP contribution in [0.2, 0.25) is 0 Å². The number of piperidine rings is 1. The highest BCUT2D eigenvalue weighted by molar-refractivity contribution is 5.92. The summed E-state index contributed by atoms with van der Waals surface area (Å²) in [6.07, 6.45) is 4.64. The smallest absolute Gasteiger partial charge is 0.113 e. The minimum atomic E-state index is 0.217. The van der Waals surface area contributed by atoms with Crippen molar-refractivity contribution in [2.24, 2.45) is 5.92 Å². The SMILES string of the molecule is CC1CC(OCCN2CCNCC2)CN(c2ccc(C#N)c3nccnc23)C1. The number of nitrogens with zero attached hydrogens (tertiary/aromatic N) is 5. The van der Waals surface area contributed by atoms with Crippen molar-refractivity contribution in [3.8, 4) is 6.07 Å². The van der Waals surface area contributed by atoms with Crippen LogP contribution >= 0.6 is 0 Å². The van der Waals surface area contributed by atoms with Gasteiger partial charge >= 0.3 is 0 Å². The van der Waals surface area contributed by atoms with Crippen LogP contribution in [0.15, 0.2) is 24.5 Å². The number of rotatable bonds is 5. The Bertz CT molecular complexity index is 844. The second kappa shape index (κ2) is 8.82. The molecule has 2 aliphatic rings. The van der Waals surface area contributed by atoms with Crippen molar-refractivity contribution in [2.75, 3.05) is 57.3 Å². The molecule has 0 aliphatic carbocycles. The van der Waals surface area contributed by atoms with Crippen LogP contribution in [0.25, 0.3) is 11.0 Å². The molecule has 2 aliphatic heterocycles. The lowest BCUT2D eigenvalue weighted by atomic mass is 9.96. The van der Waals surface area contributed by atoms with Crippen molar-refractivity contribution in [2.45, 2.75) is 19.4 Å². The minimum absolute atomic E-state index is 0.217. The maximum absolute atomic E-state index is 9.37. The van der Waals surface area contributed by atoms with E-state index in [0.717, 1.165) is 70.0 Å². The van der Waals surface area contributed by atoms with Gasteiger partial charge in [-0.05, 0) is 24.5 Å². The summed E-state index contributed by atoms with van der Waals surface area (Å²) < 4.78 is 6.27. The highest BCUT2D eigenvalue weighted by Gasteiger charge is 2.27. The molecule has 2 fully saturated rings. The predicted octanol–water partition coefficient (Wildman–Crippen LogP) is 1.64. The van der Waals surface area contributed by atoms with Crippen molar-refractivity contribution in [1.29, 1.82) is 5.26 Å². The van der Waals surface area contributed by atoms with Gasteiger partial charge in [0, 0.05) is 58.2 Å². The first-order valence-electron chi connectivity index (χ1n) is 10.2. The van der Waals surface area contributed by atoms with Crippen molar-refractivity contribution in [3.63, 3.8) is 0 Å². The lowest BCUT2D eigenvalue weighted by molar-refractivity contribution is 0.0186. The van der Waals surface area contributed by atoms with Gasteiger partial charge in [-0.25, -0.2) is 0 Å². The van der Waals surface area contributed by atoms with Crippen molar-refractivity contribution < 1.29 is 4.74 Å². The van der Waals surface area contributed by atoms with E-state index < -0.39 is 0 Å². The quantitative estimate of drug-likeness (QED) is 0.845. The number of ether oxygens (including phenoxy) is 1. The fraction of sp³-hybridized carbons (Fsp3) is 0.571. The predicted molar refractivity (Wildman–Crippen MR) is 109 cm³/mol. The third-order valence-corrected chi connectivity index (χ3v) is 5.66. The Morgan fingerprint density at radius 3 is 2.75 bits per heavy atom. The van der Waals surface area contributed by atoms with E-state index in [1.165, 1.54) is 0 Å². The van der Waals surface area contributed by atoms with Crippen LogP contribution in [-0.4, -0.2) is 73.4 Å². The highest BCUT2D eigenvalue weighted by Crippen LogP contribution is 2.30. The molecule has 1 N–H and O–H groups in total. The number of hydrogen-bond donors (Lipinski definition) is 1. The largest absolute Gasteiger partial charge is 0.375 e. The summed E-state index contributed by atoms with van der Waals surface area (Å²) in [6, 6.07) is 6.08. The first kappa shape index (κ1) is 19.1. The van der Waals surface area contributed by atoms with Crippen molar-refractivity contribution in [3.05, 3.63) is 30.1 Å². The Morgan fingerprint density at radius 2 is 1.96 bits per heavy atom. The van der Waals surface area contributed by atoms with Crippen LogP contribution < -0.4 is 10.2 Å². The van der Waals surface area contributed by atoms with Gasteiger partial charge in [-0.15, -0.1) is 0 Å². The standard InChI is InChI=1S/C21H28N6O/c1-16-12-18(28-11-10-26-8-6-23-7-9-26)15-27(14-16)19-3-2-17(13-22)20-21(19)25-5-4-24-20/h2-5,16,18,23H,6-12,14-15H2,1H3. The monoisotopic (exact) mass is 380 g/mol. The van der Waals surface area contributed by atoms with Crippen LogP contribution in [0, 0.1) is 17.2 Å². The number of anilines is 1. The molecule has 2 atom stereocenters. The van der Waals surface area contributed by atoms with Gasteiger partial charge in [0.25, 0.3) is 0 Å². The third kappa shape index (κ3) is 4.25. The zero-order valence-corrected chi connectivity index (χ0v) is 16.5. The third-order valence-electron chi connectivity index (χ3n) is 5.66. The molecule has 0 saturated carbocycles. The summed E-state index contributed by atoms with van der Waals surface area (Å²) in [4.78, 5) is 13.7. The highest BCUT2D eigenvalue weighted by atomic mass is 16.5. The maximum atomic E-state index is 9.37. The number of nitriles is 1. The normalized spacial score (nSPS) is 23.6. The Hall–Kier alpha value is -2.27. The van der Waals surface area contributed by atoms with Gasteiger partial charge in [-0.3, -0.25) is 14.9 Å². The fourth-order valence-corrected chi connectivity index (χ4v) is 4.28. The lowest BCUT2D eigenvalue weighted by Gasteiger charge is -2.38. The first-order chi connectivity index (χ1) is 13.7. The summed E-state index contributed by atoms with van der Waals surface area (Å²) in [5.41, 5.74) is 3.09. The summed E-state index contributed by atoms with van der Waals surface area (Å²) in [5, 5.41) is 12.8. The maximum Gasteiger partial charge on any atom is 0.113 e. The molecule has 0 amide bonds. The Morgan fingerprint density at radius 1 is 1.18 bits per heavy atom. The molecule has 0 bridgehead atoms. The van der Waals surface area contributed by atoms with E-state index in [2.05, 4.69) is 38.1 Å². The lowest BCUT2D eigenvalue weighted by Crippen LogP contribution is -2.46. The number of aromatic nitrogens is 2. The van der Waals surface area contributed by atoms with Crippen LogP contribution in [0.5, 0.6) is 0 Å². The number of benzene rings is 1. The second-order valence-corrected chi connectivity index (χ2v) is 7.83. The molecule has 3 heterocycles. The van der Waals surface area contributed by atoms with Gasteiger partial charge in [-0.2, -0.15) is 5.26 Å². The number of hydrogen-bond acceptors (Lipinski definition) is 7. The molecular formula is C21H28N6O. The number of piperazine rings is 1. The van der Waals surface area contributed by atoms with Crippen LogP contribution in [0.1, 0.15) is 18.9 Å². The molecular weight excluding hydrogens is 352 g/mol. The summed E-state index contributed by atoms with van der Waals surface area (Å²) >= 11 is 0. The summed E-state index contributed by atoms with van der Waals surface area (Å²) in [5.74, 6) is 0.542. The van der Waals surface area contributed by atoms with Crippen LogP contribution in [-0.2, 0) is 4.74 Å². The average Bonchev–Trinajstić information content (AvgIpc) is 2.73. The average molecular weight is 380 g/mol. The number of nitrogens with one attached hydrogen (secondary N) is 1. The van der Waals surface area contributed by atoms with E-state index >= 15 is 0 Å². The molecule has 1 aromatic carbocycles. The molecule has 2 unspecified atom stereocenters. The molecule has 1 aromatic heterocycles. The summed E-state index contributed by atoms with van der Waals surface area (Å²) in [6.45, 7) is 10.2. The van der Waals surface area contributed by atoms with Gasteiger partial charge in [0.1, 0.15) is 17.1 Å². The topological polar surface area (TPSA) is 77.3 Å². The van der Waals surface area contributed by atoms with E-state index in [1.807, 2.05) is 12.1 Å². The van der Waals surface area contributed by atoms with E-state index in [1.54, 1.807) is 12.4 Å². The van der Waals surface area contributed by atoms with Gasteiger partial charge in [0.15, 0.2) is 0 Å². The molecule has 4 rings (SSSR count). The Kier molecular flexibility index (Phi) is 6.01. The fourth-order valence-electron chi connectivity index (χ4n) is 4.28. The van der Waals surface area contributed by atoms with Crippen LogP contribution in [0.3, 0.4) is 0 Å². The molecule has 0 radical (unpaired) electrons.